The molecule has 0 saturated carbocycles. The summed E-state index contributed by atoms with van der Waals surface area (Å²) in [6, 6.07) is 20.1. The highest BCUT2D eigenvalue weighted by molar-refractivity contribution is 6.02. The number of anilines is 1. The molecule has 0 unspecified atom stereocenters. The Morgan fingerprint density at radius 3 is 2.00 bits per heavy atom. The van der Waals surface area contributed by atoms with Gasteiger partial charge in [-0.15, -0.1) is 0 Å². The van der Waals surface area contributed by atoms with Gasteiger partial charge in [0.2, 0.25) is 0 Å². The number of unbranched alkanes of at least 4 members (excludes halogenated alkanes) is 2. The van der Waals surface area contributed by atoms with Crippen molar-refractivity contribution in [3.05, 3.63) is 107 Å². The van der Waals surface area contributed by atoms with Gasteiger partial charge in [-0.2, -0.15) is 0 Å². The van der Waals surface area contributed by atoms with Gasteiger partial charge in [-0.25, -0.2) is 4.39 Å². The van der Waals surface area contributed by atoms with Crippen molar-refractivity contribution in [1.82, 2.24) is 0 Å². The number of hydrogen-bond acceptors (Lipinski definition) is 4. The first kappa shape index (κ1) is 35.9. The largest absolute Gasteiger partial charge is 0.398 e. The monoisotopic (exact) mass is 508 g/mol. The molecule has 0 amide bonds. The Labute approximate surface area is 225 Å². The molecule has 0 fully saturated rings. The van der Waals surface area contributed by atoms with Crippen molar-refractivity contribution < 1.29 is 4.39 Å². The number of nitrogens with two attached hydrogens (primary N) is 3. The summed E-state index contributed by atoms with van der Waals surface area (Å²) in [5, 5.41) is 7.55. The molecular formula is C32H49FN4. The second-order valence-corrected chi connectivity index (χ2v) is 7.77. The molecular weight excluding hydrogens is 459 g/mol. The van der Waals surface area contributed by atoms with E-state index in [1.54, 1.807) is 18.2 Å². The molecule has 0 aliphatic rings. The van der Waals surface area contributed by atoms with Crippen molar-refractivity contribution in [3.8, 4) is 0 Å². The van der Waals surface area contributed by atoms with Gasteiger partial charge in [0.15, 0.2) is 0 Å². The van der Waals surface area contributed by atoms with E-state index in [2.05, 4.69) is 26.2 Å². The van der Waals surface area contributed by atoms with Gasteiger partial charge in [0.25, 0.3) is 0 Å². The molecule has 0 atom stereocenters. The lowest BCUT2D eigenvalue weighted by Gasteiger charge is -2.08. The van der Waals surface area contributed by atoms with Gasteiger partial charge in [0.05, 0.1) is 5.71 Å². The molecule has 0 aromatic heterocycles. The lowest BCUT2D eigenvalue weighted by atomic mass is 9.99. The van der Waals surface area contributed by atoms with E-state index in [-0.39, 0.29) is 12.4 Å². The van der Waals surface area contributed by atoms with Crippen LogP contribution in [0.4, 0.5) is 10.1 Å². The Bertz CT molecular complexity index is 1010. The summed E-state index contributed by atoms with van der Waals surface area (Å²) < 4.78 is 13.1. The molecule has 3 rings (SSSR count). The van der Waals surface area contributed by atoms with Crippen LogP contribution in [0.5, 0.6) is 0 Å². The number of aryl methyl sites for hydroxylation is 1. The first-order valence-electron chi connectivity index (χ1n) is 13.0. The third-order valence-corrected chi connectivity index (χ3v) is 5.16. The van der Waals surface area contributed by atoms with E-state index in [1.165, 1.54) is 32.4 Å². The maximum atomic E-state index is 13.1. The topological polar surface area (TPSA) is 102 Å². The molecule has 37 heavy (non-hydrogen) atoms. The Kier molecular flexibility index (Phi) is 22.4. The summed E-state index contributed by atoms with van der Waals surface area (Å²) in [6.45, 7) is 14.3. The Balaban J connectivity index is 0. The van der Waals surface area contributed by atoms with Gasteiger partial charge in [0, 0.05) is 17.8 Å². The van der Waals surface area contributed by atoms with Crippen LogP contribution < -0.4 is 17.2 Å². The number of nitrogen functional groups attached to an aromatic ring is 1. The summed E-state index contributed by atoms with van der Waals surface area (Å²) in [4.78, 5) is 0. The average Bonchev–Trinajstić information content (AvgIpc) is 2.95. The zero-order valence-electron chi connectivity index (χ0n) is 23.8. The van der Waals surface area contributed by atoms with Crippen molar-refractivity contribution in [3.63, 3.8) is 0 Å². The van der Waals surface area contributed by atoms with Crippen LogP contribution in [0.25, 0.3) is 6.08 Å². The van der Waals surface area contributed by atoms with Crippen LogP contribution in [0.3, 0.4) is 0 Å². The molecule has 0 radical (unpaired) electrons. The van der Waals surface area contributed by atoms with Gasteiger partial charge in [-0.1, -0.05) is 108 Å². The van der Waals surface area contributed by atoms with E-state index < -0.39 is 0 Å². The number of halogens is 1. The second kappa shape index (κ2) is 23.1. The third kappa shape index (κ3) is 14.8. The molecule has 0 saturated heterocycles. The minimum Gasteiger partial charge on any atom is -0.398 e. The Morgan fingerprint density at radius 2 is 1.49 bits per heavy atom. The minimum absolute atomic E-state index is 0.199. The van der Waals surface area contributed by atoms with E-state index >= 15 is 0 Å². The molecule has 0 heterocycles. The molecule has 0 aliphatic heterocycles. The molecule has 3 aromatic rings. The van der Waals surface area contributed by atoms with E-state index in [0.717, 1.165) is 33.5 Å². The molecule has 4 nitrogen and oxygen atoms in total. The number of hydrogen-bond donors (Lipinski definition) is 4. The summed E-state index contributed by atoms with van der Waals surface area (Å²) in [6.07, 6.45) is 6.49. The number of benzene rings is 3. The predicted octanol–water partition coefficient (Wildman–Crippen LogP) is 7.76. The lowest BCUT2D eigenvalue weighted by molar-refractivity contribution is 0.625. The van der Waals surface area contributed by atoms with E-state index in [4.69, 9.17) is 16.9 Å². The minimum atomic E-state index is -0.199. The summed E-state index contributed by atoms with van der Waals surface area (Å²) >= 11 is 0. The van der Waals surface area contributed by atoms with Crippen molar-refractivity contribution in [2.45, 2.75) is 60.3 Å². The highest BCUT2D eigenvalue weighted by atomic mass is 19.1. The smallest absolute Gasteiger partial charge is 0.123 e. The molecule has 3 aromatic carbocycles. The van der Waals surface area contributed by atoms with Gasteiger partial charge in [-0.3, -0.25) is 0 Å². The Hall–Kier alpha value is -3.28. The van der Waals surface area contributed by atoms with Gasteiger partial charge < -0.3 is 22.6 Å². The highest BCUT2D eigenvalue weighted by Crippen LogP contribution is 2.19. The van der Waals surface area contributed by atoms with Crippen LogP contribution in [0.1, 0.15) is 74.8 Å². The van der Waals surface area contributed by atoms with Crippen LogP contribution in [-0.2, 0) is 6.42 Å². The number of rotatable bonds is 7. The maximum Gasteiger partial charge on any atom is 0.123 e. The molecule has 0 aliphatic carbocycles. The average molecular weight is 509 g/mol. The lowest BCUT2D eigenvalue weighted by Crippen LogP contribution is -2.14. The first-order chi connectivity index (χ1) is 17.9. The van der Waals surface area contributed by atoms with Crippen LogP contribution >= 0.6 is 0 Å². The molecule has 0 spiro atoms. The van der Waals surface area contributed by atoms with Crippen molar-refractivity contribution in [2.75, 3.05) is 19.3 Å². The summed E-state index contributed by atoms with van der Waals surface area (Å²) in [5.41, 5.74) is 21.9. The van der Waals surface area contributed by atoms with E-state index in [1.807, 2.05) is 69.3 Å². The third-order valence-electron chi connectivity index (χ3n) is 5.16. The van der Waals surface area contributed by atoms with Crippen molar-refractivity contribution >= 4 is 17.5 Å². The molecule has 204 valence electrons. The van der Waals surface area contributed by atoms with Crippen LogP contribution in [0.15, 0.2) is 73.3 Å². The molecule has 7 N–H and O–H groups in total. The zero-order valence-corrected chi connectivity index (χ0v) is 23.8. The Morgan fingerprint density at radius 1 is 0.919 bits per heavy atom. The summed E-state index contributed by atoms with van der Waals surface area (Å²) in [7, 11) is 1.50. The number of nitrogens with one attached hydrogen (secondary N) is 1. The van der Waals surface area contributed by atoms with E-state index in [0.29, 0.717) is 12.1 Å². The quantitative estimate of drug-likeness (QED) is 0.194. The molecule has 5 heteroatoms. The normalized spacial score (nSPS) is 9.00. The second-order valence-electron chi connectivity index (χ2n) is 7.77. The van der Waals surface area contributed by atoms with Gasteiger partial charge >= 0.3 is 0 Å². The maximum absolute atomic E-state index is 13.1. The zero-order chi connectivity index (χ0) is 28.6. The predicted molar refractivity (Wildman–Crippen MR) is 164 cm³/mol. The van der Waals surface area contributed by atoms with Crippen LogP contribution in [-0.4, -0.2) is 19.3 Å². The SMILES string of the molecule is C=Cc1ccccc1C(=N)CN.CC.CCCCC.CN.Cc1ccc(F)cc1Cc1ccccc1N. The van der Waals surface area contributed by atoms with E-state index in [9.17, 15) is 4.39 Å². The fraction of sp³-hybridized carbons (Fsp3) is 0.344. The van der Waals surface area contributed by atoms with Crippen molar-refractivity contribution in [2.24, 2.45) is 11.5 Å². The van der Waals surface area contributed by atoms with Gasteiger partial charge in [0.1, 0.15) is 5.82 Å². The number of para-hydroxylation sites is 1. The standard InChI is InChI=1S/C14H14FN.C10H12N2.C5H12.C2H6.CH5N/c1-10-6-7-13(15)9-12(10)8-11-4-2-3-5-14(11)16;1-2-8-5-3-4-6-9(8)10(12)7-11;1-3-5-4-2;2*1-2/h2-7,9H,8,16H2,1H3;2-6,12H,1,7,11H2;3-5H2,1-2H3;1-2H3;2H2,1H3. The highest BCUT2D eigenvalue weighted by Gasteiger charge is 2.04. The van der Waals surface area contributed by atoms with Crippen molar-refractivity contribution in [1.29, 1.82) is 5.41 Å². The van der Waals surface area contributed by atoms with Crippen LogP contribution in [0, 0.1) is 18.2 Å². The fourth-order valence-corrected chi connectivity index (χ4v) is 3.14. The molecule has 0 bridgehead atoms. The first-order valence-corrected chi connectivity index (χ1v) is 13.0. The fourth-order valence-electron chi connectivity index (χ4n) is 3.14. The summed E-state index contributed by atoms with van der Waals surface area (Å²) in [5.74, 6) is -0.199. The van der Waals surface area contributed by atoms with Gasteiger partial charge in [-0.05, 0) is 60.8 Å². The van der Waals surface area contributed by atoms with Crippen LogP contribution in [0.2, 0.25) is 0 Å².